The van der Waals surface area contributed by atoms with Crippen LogP contribution >= 0.6 is 11.6 Å². The molecule has 1 aromatic heterocycles. The minimum atomic E-state index is 0.658. The molecule has 0 saturated carbocycles. The highest BCUT2D eigenvalue weighted by atomic mass is 35.5. The van der Waals surface area contributed by atoms with Crippen LogP contribution in [0.25, 0.3) is 10.9 Å². The molecule has 0 fully saturated rings. The van der Waals surface area contributed by atoms with Gasteiger partial charge in [-0.15, -0.1) is 5.11 Å². The zero-order valence-electron chi connectivity index (χ0n) is 9.47. The Hall–Kier alpha value is -2.13. The van der Waals surface area contributed by atoms with E-state index in [0.717, 1.165) is 22.3 Å². The molecule has 4 heteroatoms. The molecule has 1 heterocycles. The van der Waals surface area contributed by atoms with Gasteiger partial charge in [0.2, 0.25) is 0 Å². The van der Waals surface area contributed by atoms with Crippen LogP contribution in [0.2, 0.25) is 5.02 Å². The van der Waals surface area contributed by atoms with Crippen molar-refractivity contribution in [3.05, 3.63) is 59.8 Å². The summed E-state index contributed by atoms with van der Waals surface area (Å²) >= 11 is 5.89. The van der Waals surface area contributed by atoms with Crippen LogP contribution in [0.4, 0.5) is 11.4 Å². The number of aromatic amines is 1. The van der Waals surface area contributed by atoms with Crippen molar-refractivity contribution < 1.29 is 0 Å². The molecule has 3 rings (SSSR count). The van der Waals surface area contributed by atoms with Crippen LogP contribution in [-0.2, 0) is 0 Å². The molecular weight excluding hydrogens is 246 g/mol. The minimum Gasteiger partial charge on any atom is -0.359 e. The van der Waals surface area contributed by atoms with E-state index in [2.05, 4.69) is 15.2 Å². The normalized spacial score (nSPS) is 11.4. The van der Waals surface area contributed by atoms with E-state index in [0.29, 0.717) is 5.02 Å². The van der Waals surface area contributed by atoms with Gasteiger partial charge in [0, 0.05) is 22.1 Å². The molecule has 0 amide bonds. The van der Waals surface area contributed by atoms with E-state index in [1.54, 1.807) is 6.07 Å². The fourth-order valence-corrected chi connectivity index (χ4v) is 1.97. The van der Waals surface area contributed by atoms with Gasteiger partial charge in [-0.05, 0) is 24.3 Å². The lowest BCUT2D eigenvalue weighted by Crippen LogP contribution is -1.65. The summed E-state index contributed by atoms with van der Waals surface area (Å²) in [6.07, 6.45) is 1.85. The molecule has 0 spiro atoms. The highest BCUT2D eigenvalue weighted by Gasteiger charge is 2.00. The number of nitrogens with one attached hydrogen (secondary N) is 1. The second-order valence-corrected chi connectivity index (χ2v) is 4.34. The summed E-state index contributed by atoms with van der Waals surface area (Å²) in [5.41, 5.74) is 2.62. The second kappa shape index (κ2) is 4.63. The van der Waals surface area contributed by atoms with Gasteiger partial charge in [0.25, 0.3) is 0 Å². The van der Waals surface area contributed by atoms with Crippen LogP contribution in [0.5, 0.6) is 0 Å². The summed E-state index contributed by atoms with van der Waals surface area (Å²) in [5, 5.41) is 10.1. The standard InChI is InChI=1S/C14H10ClN3/c15-10-4-3-5-11(8-10)17-18-14-9-16-13-7-2-1-6-12(13)14/h1-9,16H/b18-17+. The molecule has 2 aromatic carbocycles. The molecule has 18 heavy (non-hydrogen) atoms. The summed E-state index contributed by atoms with van der Waals surface area (Å²) in [4.78, 5) is 3.16. The topological polar surface area (TPSA) is 40.5 Å². The second-order valence-electron chi connectivity index (χ2n) is 3.90. The Morgan fingerprint density at radius 3 is 2.72 bits per heavy atom. The van der Waals surface area contributed by atoms with Crippen LogP contribution in [0.3, 0.4) is 0 Å². The number of H-pyrrole nitrogens is 1. The first kappa shape index (κ1) is 11.0. The van der Waals surface area contributed by atoms with E-state index in [1.807, 2.05) is 48.7 Å². The zero-order chi connectivity index (χ0) is 12.4. The number of rotatable bonds is 2. The summed E-state index contributed by atoms with van der Waals surface area (Å²) in [6, 6.07) is 15.3. The number of para-hydroxylation sites is 1. The molecule has 3 nitrogen and oxygen atoms in total. The molecule has 0 bridgehead atoms. The maximum atomic E-state index is 5.89. The van der Waals surface area contributed by atoms with Gasteiger partial charge in [0.05, 0.1) is 5.69 Å². The van der Waals surface area contributed by atoms with Gasteiger partial charge in [-0.2, -0.15) is 5.11 Å². The first-order valence-electron chi connectivity index (χ1n) is 5.56. The predicted octanol–water partition coefficient (Wildman–Crippen LogP) is 5.24. The van der Waals surface area contributed by atoms with E-state index in [9.17, 15) is 0 Å². The van der Waals surface area contributed by atoms with Crippen LogP contribution in [0.1, 0.15) is 0 Å². The molecule has 0 aliphatic rings. The Kier molecular flexibility index (Phi) is 2.82. The molecule has 3 aromatic rings. The Bertz CT molecular complexity index is 716. The smallest absolute Gasteiger partial charge is 0.111 e. The monoisotopic (exact) mass is 255 g/mol. The van der Waals surface area contributed by atoms with E-state index in [-0.39, 0.29) is 0 Å². The zero-order valence-corrected chi connectivity index (χ0v) is 10.2. The number of azo groups is 1. The Morgan fingerprint density at radius 1 is 0.944 bits per heavy atom. The van der Waals surface area contributed by atoms with Gasteiger partial charge in [-0.1, -0.05) is 35.9 Å². The molecule has 0 aliphatic carbocycles. The first-order chi connectivity index (χ1) is 8.83. The maximum Gasteiger partial charge on any atom is 0.111 e. The van der Waals surface area contributed by atoms with Gasteiger partial charge < -0.3 is 4.98 Å². The van der Waals surface area contributed by atoms with E-state index in [4.69, 9.17) is 11.6 Å². The molecule has 0 atom stereocenters. The van der Waals surface area contributed by atoms with Crippen molar-refractivity contribution in [2.45, 2.75) is 0 Å². The van der Waals surface area contributed by atoms with Crippen molar-refractivity contribution in [2.24, 2.45) is 10.2 Å². The summed E-state index contributed by atoms with van der Waals surface area (Å²) in [7, 11) is 0. The number of halogens is 1. The van der Waals surface area contributed by atoms with Crippen molar-refractivity contribution in [1.29, 1.82) is 0 Å². The number of nitrogens with zero attached hydrogens (tertiary/aromatic N) is 2. The molecule has 0 aliphatic heterocycles. The van der Waals surface area contributed by atoms with Gasteiger partial charge in [-0.3, -0.25) is 0 Å². The van der Waals surface area contributed by atoms with Gasteiger partial charge >= 0.3 is 0 Å². The van der Waals surface area contributed by atoms with Crippen molar-refractivity contribution in [2.75, 3.05) is 0 Å². The number of fused-ring (bicyclic) bond motifs is 1. The van der Waals surface area contributed by atoms with Crippen LogP contribution in [-0.4, -0.2) is 4.98 Å². The lowest BCUT2D eigenvalue weighted by atomic mass is 10.2. The van der Waals surface area contributed by atoms with E-state index in [1.165, 1.54) is 0 Å². The van der Waals surface area contributed by atoms with Crippen LogP contribution in [0.15, 0.2) is 65.0 Å². The Balaban J connectivity index is 1.97. The van der Waals surface area contributed by atoms with Gasteiger partial charge in [-0.25, -0.2) is 0 Å². The molecule has 0 saturated heterocycles. The minimum absolute atomic E-state index is 0.658. The Labute approximate surface area is 109 Å². The lowest BCUT2D eigenvalue weighted by molar-refractivity contribution is 1.24. The highest BCUT2D eigenvalue weighted by molar-refractivity contribution is 6.30. The van der Waals surface area contributed by atoms with Gasteiger partial charge in [0.1, 0.15) is 5.69 Å². The van der Waals surface area contributed by atoms with E-state index >= 15 is 0 Å². The fourth-order valence-electron chi connectivity index (χ4n) is 1.79. The predicted molar refractivity (Wildman–Crippen MR) is 73.9 cm³/mol. The third-order valence-electron chi connectivity index (χ3n) is 2.65. The largest absolute Gasteiger partial charge is 0.359 e. The average Bonchev–Trinajstić information content (AvgIpc) is 2.80. The quantitative estimate of drug-likeness (QED) is 0.609. The van der Waals surface area contributed by atoms with Crippen LogP contribution < -0.4 is 0 Å². The van der Waals surface area contributed by atoms with Crippen molar-refractivity contribution in [1.82, 2.24) is 4.98 Å². The number of benzene rings is 2. The molecule has 0 unspecified atom stereocenters. The number of hydrogen-bond donors (Lipinski definition) is 1. The number of aromatic nitrogens is 1. The molecular formula is C14H10ClN3. The first-order valence-corrected chi connectivity index (χ1v) is 5.94. The summed E-state index contributed by atoms with van der Waals surface area (Å²) < 4.78 is 0. The van der Waals surface area contributed by atoms with Crippen molar-refractivity contribution in [3.8, 4) is 0 Å². The maximum absolute atomic E-state index is 5.89. The van der Waals surface area contributed by atoms with Gasteiger partial charge in [0.15, 0.2) is 0 Å². The summed E-state index contributed by atoms with van der Waals surface area (Å²) in [6.45, 7) is 0. The Morgan fingerprint density at radius 2 is 1.83 bits per heavy atom. The third kappa shape index (κ3) is 2.13. The SMILES string of the molecule is Clc1cccc(/N=N/c2c[nH]c3ccccc23)c1. The van der Waals surface area contributed by atoms with Crippen molar-refractivity contribution in [3.63, 3.8) is 0 Å². The van der Waals surface area contributed by atoms with Crippen LogP contribution in [0, 0.1) is 0 Å². The summed E-state index contributed by atoms with van der Waals surface area (Å²) in [5.74, 6) is 0. The highest BCUT2D eigenvalue weighted by Crippen LogP contribution is 2.27. The fraction of sp³-hybridized carbons (Fsp3) is 0. The van der Waals surface area contributed by atoms with Crippen molar-refractivity contribution >= 4 is 33.9 Å². The third-order valence-corrected chi connectivity index (χ3v) is 2.88. The van der Waals surface area contributed by atoms with E-state index < -0.39 is 0 Å². The lowest BCUT2D eigenvalue weighted by Gasteiger charge is -1.93. The number of hydrogen-bond acceptors (Lipinski definition) is 2. The average molecular weight is 256 g/mol. The molecule has 1 N–H and O–H groups in total. The molecule has 88 valence electrons. The molecule has 0 radical (unpaired) electrons.